The van der Waals surface area contributed by atoms with Crippen LogP contribution in [0.1, 0.15) is 30.3 Å². The lowest BCUT2D eigenvalue weighted by Gasteiger charge is -2.23. The summed E-state index contributed by atoms with van der Waals surface area (Å²) in [5.74, 6) is 1.04. The topological polar surface area (TPSA) is 33.5 Å². The summed E-state index contributed by atoms with van der Waals surface area (Å²) in [4.78, 5) is 13.7. The van der Waals surface area contributed by atoms with Crippen molar-refractivity contribution in [1.82, 2.24) is 4.90 Å². The molecule has 1 fully saturated rings. The Balaban J connectivity index is 2.06. The van der Waals surface area contributed by atoms with E-state index in [4.69, 9.17) is 4.42 Å². The fourth-order valence-electron chi connectivity index (χ4n) is 1.68. The van der Waals surface area contributed by atoms with E-state index >= 15 is 0 Å². The smallest absolute Gasteiger partial charge is 0.289 e. The van der Waals surface area contributed by atoms with E-state index in [2.05, 4.69) is 22.9 Å². The molecule has 1 aliphatic carbocycles. The van der Waals surface area contributed by atoms with E-state index in [0.717, 1.165) is 0 Å². The van der Waals surface area contributed by atoms with Crippen molar-refractivity contribution < 1.29 is 9.21 Å². The summed E-state index contributed by atoms with van der Waals surface area (Å²) in [5.41, 5.74) is 0. The van der Waals surface area contributed by atoms with Gasteiger partial charge >= 0.3 is 0 Å². The van der Waals surface area contributed by atoms with E-state index in [0.29, 0.717) is 22.4 Å². The van der Waals surface area contributed by atoms with Crippen molar-refractivity contribution in [3.05, 3.63) is 22.6 Å². The molecule has 4 heteroatoms. The van der Waals surface area contributed by atoms with Crippen molar-refractivity contribution in [3.63, 3.8) is 0 Å². The quantitative estimate of drug-likeness (QED) is 0.847. The highest BCUT2D eigenvalue weighted by molar-refractivity contribution is 9.10. The summed E-state index contributed by atoms with van der Waals surface area (Å²) < 4.78 is 5.84. The van der Waals surface area contributed by atoms with E-state index in [1.54, 1.807) is 17.0 Å². The molecule has 1 saturated carbocycles. The Morgan fingerprint density at radius 3 is 2.73 bits per heavy atom. The first kappa shape index (κ1) is 10.7. The predicted octanol–water partition coefficient (Wildman–Crippen LogP) is 2.91. The first-order valence-corrected chi connectivity index (χ1v) is 5.91. The molecule has 82 valence electrons. The molecule has 2 rings (SSSR count). The van der Waals surface area contributed by atoms with Crippen LogP contribution in [0, 0.1) is 5.92 Å². The molecule has 1 heterocycles. The fourth-order valence-corrected chi connectivity index (χ4v) is 1.99. The van der Waals surface area contributed by atoms with Crippen LogP contribution in [0.3, 0.4) is 0 Å². The lowest BCUT2D eigenvalue weighted by molar-refractivity contribution is 0.0693. The molecule has 0 N–H and O–H groups in total. The number of hydrogen-bond acceptors (Lipinski definition) is 2. The summed E-state index contributed by atoms with van der Waals surface area (Å²) in [6, 6.07) is 3.74. The third kappa shape index (κ3) is 2.25. The summed E-state index contributed by atoms with van der Waals surface area (Å²) >= 11 is 3.19. The molecule has 3 nitrogen and oxygen atoms in total. The van der Waals surface area contributed by atoms with Crippen LogP contribution in [0.2, 0.25) is 0 Å². The van der Waals surface area contributed by atoms with E-state index in [-0.39, 0.29) is 5.91 Å². The van der Waals surface area contributed by atoms with Crippen LogP contribution in [-0.2, 0) is 0 Å². The number of carbonyl (C=O) groups is 1. The lowest BCUT2D eigenvalue weighted by Crippen LogP contribution is -2.36. The van der Waals surface area contributed by atoms with Gasteiger partial charge in [0.1, 0.15) is 0 Å². The average Bonchev–Trinajstić information content (AvgIpc) is 2.98. The molecule has 1 amide bonds. The standard InChI is InChI=1S/C11H14BrNO2/c1-7(8-3-4-8)13(2)11(14)9-5-6-10(12)15-9/h5-8H,3-4H2,1-2H3. The summed E-state index contributed by atoms with van der Waals surface area (Å²) in [5, 5.41) is 0. The Morgan fingerprint density at radius 2 is 2.27 bits per heavy atom. The molecule has 1 unspecified atom stereocenters. The highest BCUT2D eigenvalue weighted by Gasteiger charge is 2.33. The normalized spacial score (nSPS) is 17.5. The lowest BCUT2D eigenvalue weighted by atomic mass is 10.2. The zero-order valence-electron chi connectivity index (χ0n) is 8.87. The Bertz CT molecular complexity index is 370. The van der Waals surface area contributed by atoms with Gasteiger partial charge in [0, 0.05) is 13.1 Å². The Kier molecular flexibility index (Phi) is 2.87. The SMILES string of the molecule is CC(C1CC1)N(C)C(=O)c1ccc(Br)o1. The van der Waals surface area contributed by atoms with Crippen LogP contribution >= 0.6 is 15.9 Å². The fraction of sp³-hybridized carbons (Fsp3) is 0.545. The molecule has 1 aromatic rings. The molecule has 0 aliphatic heterocycles. The second kappa shape index (κ2) is 4.00. The van der Waals surface area contributed by atoms with Gasteiger partial charge in [-0.15, -0.1) is 0 Å². The molecular weight excluding hydrogens is 258 g/mol. The van der Waals surface area contributed by atoms with Crippen molar-refractivity contribution >= 4 is 21.8 Å². The molecule has 1 atom stereocenters. The van der Waals surface area contributed by atoms with Crippen LogP contribution < -0.4 is 0 Å². The van der Waals surface area contributed by atoms with Gasteiger partial charge in [0.15, 0.2) is 10.4 Å². The van der Waals surface area contributed by atoms with Crippen LogP contribution in [0.4, 0.5) is 0 Å². The zero-order chi connectivity index (χ0) is 11.0. The molecule has 0 saturated heterocycles. The van der Waals surface area contributed by atoms with Crippen molar-refractivity contribution in [3.8, 4) is 0 Å². The first-order valence-electron chi connectivity index (χ1n) is 5.12. The Hall–Kier alpha value is -0.770. The Morgan fingerprint density at radius 1 is 1.60 bits per heavy atom. The van der Waals surface area contributed by atoms with Gasteiger partial charge in [-0.05, 0) is 53.7 Å². The van der Waals surface area contributed by atoms with Gasteiger partial charge in [-0.25, -0.2) is 0 Å². The van der Waals surface area contributed by atoms with Crippen LogP contribution in [0.5, 0.6) is 0 Å². The van der Waals surface area contributed by atoms with Gasteiger partial charge in [-0.1, -0.05) is 0 Å². The van der Waals surface area contributed by atoms with Gasteiger partial charge < -0.3 is 9.32 Å². The molecule has 15 heavy (non-hydrogen) atoms. The van der Waals surface area contributed by atoms with Gasteiger partial charge in [0.05, 0.1) is 0 Å². The molecule has 1 aliphatic rings. The highest BCUT2D eigenvalue weighted by Crippen LogP contribution is 2.35. The second-order valence-corrected chi connectivity index (χ2v) is 4.88. The molecule has 0 radical (unpaired) electrons. The third-order valence-corrected chi connectivity index (χ3v) is 3.45. The maximum Gasteiger partial charge on any atom is 0.289 e. The van der Waals surface area contributed by atoms with Gasteiger partial charge in [-0.3, -0.25) is 4.79 Å². The summed E-state index contributed by atoms with van der Waals surface area (Å²) in [6.07, 6.45) is 2.47. The Labute approximate surface area is 97.6 Å². The molecule has 0 spiro atoms. The van der Waals surface area contributed by atoms with Crippen molar-refractivity contribution in [2.24, 2.45) is 5.92 Å². The van der Waals surface area contributed by atoms with Gasteiger partial charge in [-0.2, -0.15) is 0 Å². The number of amides is 1. The minimum atomic E-state index is -0.0416. The van der Waals surface area contributed by atoms with Crippen molar-refractivity contribution in [1.29, 1.82) is 0 Å². The monoisotopic (exact) mass is 271 g/mol. The minimum absolute atomic E-state index is 0.0416. The molecule has 0 aromatic carbocycles. The predicted molar refractivity (Wildman–Crippen MR) is 60.7 cm³/mol. The van der Waals surface area contributed by atoms with Gasteiger partial charge in [0.2, 0.25) is 0 Å². The van der Waals surface area contributed by atoms with E-state index < -0.39 is 0 Å². The summed E-state index contributed by atoms with van der Waals surface area (Å²) in [6.45, 7) is 2.09. The second-order valence-electron chi connectivity index (χ2n) is 4.10. The maximum absolute atomic E-state index is 11.9. The zero-order valence-corrected chi connectivity index (χ0v) is 10.5. The number of furan rings is 1. The maximum atomic E-state index is 11.9. The highest BCUT2D eigenvalue weighted by atomic mass is 79.9. The first-order chi connectivity index (χ1) is 7.09. The number of hydrogen-bond donors (Lipinski definition) is 0. The van der Waals surface area contributed by atoms with Crippen LogP contribution in [0.25, 0.3) is 0 Å². The number of rotatable bonds is 3. The number of halogens is 1. The van der Waals surface area contributed by atoms with E-state index in [1.807, 2.05) is 7.05 Å². The van der Waals surface area contributed by atoms with Crippen LogP contribution in [0.15, 0.2) is 21.2 Å². The van der Waals surface area contributed by atoms with Crippen molar-refractivity contribution in [2.45, 2.75) is 25.8 Å². The largest absolute Gasteiger partial charge is 0.444 e. The van der Waals surface area contributed by atoms with Gasteiger partial charge in [0.25, 0.3) is 5.91 Å². The van der Waals surface area contributed by atoms with Crippen LogP contribution in [-0.4, -0.2) is 23.9 Å². The minimum Gasteiger partial charge on any atom is -0.444 e. The molecule has 0 bridgehead atoms. The number of carbonyl (C=O) groups excluding carboxylic acids is 1. The number of nitrogens with zero attached hydrogens (tertiary/aromatic N) is 1. The van der Waals surface area contributed by atoms with Crippen molar-refractivity contribution in [2.75, 3.05) is 7.05 Å². The van der Waals surface area contributed by atoms with E-state index in [1.165, 1.54) is 12.8 Å². The third-order valence-electron chi connectivity index (χ3n) is 3.02. The van der Waals surface area contributed by atoms with E-state index in [9.17, 15) is 4.79 Å². The summed E-state index contributed by atoms with van der Waals surface area (Å²) in [7, 11) is 1.84. The molecule has 1 aromatic heterocycles. The average molecular weight is 272 g/mol. The molecular formula is C11H14BrNO2.